The van der Waals surface area contributed by atoms with Gasteiger partial charge in [-0.25, -0.2) is 4.98 Å². The smallest absolute Gasteiger partial charge is 0.230 e. The van der Waals surface area contributed by atoms with Gasteiger partial charge in [-0.05, 0) is 0 Å². The van der Waals surface area contributed by atoms with E-state index < -0.39 is 0 Å². The van der Waals surface area contributed by atoms with Crippen molar-refractivity contribution in [2.45, 2.75) is 11.2 Å². The number of alkyl halides is 1. The fraction of sp³-hybridized carbons (Fsp3) is 0.333. The van der Waals surface area contributed by atoms with Gasteiger partial charge in [-0.2, -0.15) is 10.5 Å². The lowest BCUT2D eigenvalue weighted by atomic mass is 10.4. The number of amides is 1. The SMILES string of the molecule is N#Cc1nc(N2CC(Br)CC2=O)[nH]c1C#N. The fourth-order valence-electron chi connectivity index (χ4n) is 1.52. The molecule has 1 unspecified atom stereocenters. The van der Waals surface area contributed by atoms with Crippen molar-refractivity contribution in [1.82, 2.24) is 9.97 Å². The number of halogens is 1. The average molecular weight is 280 g/mol. The summed E-state index contributed by atoms with van der Waals surface area (Å²) >= 11 is 3.34. The van der Waals surface area contributed by atoms with E-state index in [9.17, 15) is 4.79 Å². The van der Waals surface area contributed by atoms with Gasteiger partial charge in [0.1, 0.15) is 12.1 Å². The minimum atomic E-state index is -0.0791. The van der Waals surface area contributed by atoms with Crippen LogP contribution in [0.15, 0.2) is 0 Å². The normalized spacial score (nSPS) is 19.6. The molecule has 1 atom stereocenters. The van der Waals surface area contributed by atoms with Crippen LogP contribution in [0, 0.1) is 22.7 Å². The molecule has 1 aliphatic heterocycles. The number of hydrogen-bond acceptors (Lipinski definition) is 4. The van der Waals surface area contributed by atoms with Crippen LogP contribution in [-0.4, -0.2) is 27.2 Å². The van der Waals surface area contributed by atoms with Gasteiger partial charge in [0.15, 0.2) is 11.4 Å². The maximum atomic E-state index is 11.6. The molecule has 1 saturated heterocycles. The molecule has 2 heterocycles. The Balaban J connectivity index is 2.36. The van der Waals surface area contributed by atoms with Crippen LogP contribution in [0.25, 0.3) is 0 Å². The van der Waals surface area contributed by atoms with Crippen LogP contribution in [0.5, 0.6) is 0 Å². The van der Waals surface area contributed by atoms with Gasteiger partial charge in [-0.1, -0.05) is 15.9 Å². The number of H-pyrrole nitrogens is 1. The quantitative estimate of drug-likeness (QED) is 0.764. The van der Waals surface area contributed by atoms with E-state index >= 15 is 0 Å². The summed E-state index contributed by atoms with van der Waals surface area (Å²) in [5, 5.41) is 17.5. The molecule has 0 spiro atoms. The third-order valence-corrected chi connectivity index (χ3v) is 2.86. The van der Waals surface area contributed by atoms with Gasteiger partial charge < -0.3 is 4.98 Å². The van der Waals surface area contributed by atoms with E-state index in [1.54, 1.807) is 6.07 Å². The highest BCUT2D eigenvalue weighted by molar-refractivity contribution is 9.09. The second-order valence-corrected chi connectivity index (χ2v) is 4.61. The molecule has 0 aliphatic carbocycles. The van der Waals surface area contributed by atoms with Crippen LogP contribution < -0.4 is 4.90 Å². The number of rotatable bonds is 1. The Kier molecular flexibility index (Phi) is 2.63. The highest BCUT2D eigenvalue weighted by atomic mass is 79.9. The van der Waals surface area contributed by atoms with E-state index in [-0.39, 0.29) is 28.1 Å². The van der Waals surface area contributed by atoms with Crippen LogP contribution in [0.1, 0.15) is 17.8 Å². The Hall–Kier alpha value is -1.86. The summed E-state index contributed by atoms with van der Waals surface area (Å²) in [6.07, 6.45) is 0.393. The predicted molar refractivity (Wildman–Crippen MR) is 57.7 cm³/mol. The van der Waals surface area contributed by atoms with Crippen molar-refractivity contribution in [2.75, 3.05) is 11.4 Å². The summed E-state index contributed by atoms with van der Waals surface area (Å²) in [6.45, 7) is 0.488. The van der Waals surface area contributed by atoms with Crippen molar-refractivity contribution in [3.8, 4) is 12.1 Å². The Morgan fingerprint density at radius 1 is 1.50 bits per heavy atom. The van der Waals surface area contributed by atoms with E-state index in [1.807, 2.05) is 6.07 Å². The molecule has 0 radical (unpaired) electrons. The monoisotopic (exact) mass is 279 g/mol. The lowest BCUT2D eigenvalue weighted by molar-refractivity contribution is -0.117. The largest absolute Gasteiger partial charge is 0.314 e. The third kappa shape index (κ3) is 1.66. The molecule has 80 valence electrons. The van der Waals surface area contributed by atoms with E-state index in [0.717, 1.165) is 0 Å². The zero-order valence-electron chi connectivity index (χ0n) is 8.07. The number of hydrogen-bond donors (Lipinski definition) is 1. The molecule has 6 nitrogen and oxygen atoms in total. The lowest BCUT2D eigenvalue weighted by Gasteiger charge is -2.10. The zero-order chi connectivity index (χ0) is 11.7. The fourth-order valence-corrected chi connectivity index (χ4v) is 2.09. The zero-order valence-corrected chi connectivity index (χ0v) is 9.65. The number of nitrogens with one attached hydrogen (secondary N) is 1. The molecule has 7 heteroatoms. The van der Waals surface area contributed by atoms with Crippen LogP contribution in [0.4, 0.5) is 5.95 Å². The molecule has 16 heavy (non-hydrogen) atoms. The van der Waals surface area contributed by atoms with Crippen LogP contribution in [0.2, 0.25) is 0 Å². The molecule has 1 aromatic heterocycles. The maximum Gasteiger partial charge on any atom is 0.230 e. The number of carbonyl (C=O) groups excluding carboxylic acids is 1. The Morgan fingerprint density at radius 2 is 2.25 bits per heavy atom. The van der Waals surface area contributed by atoms with Gasteiger partial charge in [0.2, 0.25) is 11.9 Å². The standard InChI is InChI=1S/C9H6BrN5O/c10-5-1-8(16)15(4-5)9-13-6(2-11)7(3-12)14-9/h5H,1,4H2,(H,13,14). The van der Waals surface area contributed by atoms with Crippen molar-refractivity contribution >= 4 is 27.8 Å². The predicted octanol–water partition coefficient (Wildman–Crippen LogP) is 0.653. The molecule has 1 fully saturated rings. The van der Waals surface area contributed by atoms with Crippen molar-refractivity contribution in [3.05, 3.63) is 11.4 Å². The molecular weight excluding hydrogens is 274 g/mol. The van der Waals surface area contributed by atoms with Gasteiger partial charge in [-0.3, -0.25) is 9.69 Å². The van der Waals surface area contributed by atoms with E-state index in [2.05, 4.69) is 25.9 Å². The number of carbonyl (C=O) groups is 1. The van der Waals surface area contributed by atoms with Crippen molar-refractivity contribution < 1.29 is 4.79 Å². The van der Waals surface area contributed by atoms with Crippen molar-refractivity contribution in [1.29, 1.82) is 10.5 Å². The summed E-state index contributed by atoms with van der Waals surface area (Å²) in [4.78, 5) is 19.6. The van der Waals surface area contributed by atoms with Gasteiger partial charge in [0.05, 0.1) is 0 Å². The Morgan fingerprint density at radius 3 is 2.69 bits per heavy atom. The summed E-state index contributed by atoms with van der Waals surface area (Å²) in [5.74, 6) is 0.185. The summed E-state index contributed by atoms with van der Waals surface area (Å²) in [7, 11) is 0. The first-order valence-corrected chi connectivity index (χ1v) is 5.42. The Bertz CT molecular complexity index is 491. The highest BCUT2D eigenvalue weighted by Gasteiger charge is 2.31. The molecule has 0 aromatic carbocycles. The molecular formula is C9H6BrN5O. The molecule has 1 amide bonds. The van der Waals surface area contributed by atoms with E-state index in [0.29, 0.717) is 13.0 Å². The molecule has 2 rings (SSSR count). The van der Waals surface area contributed by atoms with Crippen LogP contribution in [-0.2, 0) is 4.79 Å². The number of anilines is 1. The van der Waals surface area contributed by atoms with E-state index in [4.69, 9.17) is 10.5 Å². The number of nitrogens with zero attached hydrogens (tertiary/aromatic N) is 4. The van der Waals surface area contributed by atoms with Gasteiger partial charge >= 0.3 is 0 Å². The first-order valence-electron chi connectivity index (χ1n) is 4.50. The maximum absolute atomic E-state index is 11.6. The summed E-state index contributed by atoms with van der Waals surface area (Å²) in [6, 6.07) is 3.63. The minimum Gasteiger partial charge on any atom is -0.314 e. The summed E-state index contributed by atoms with van der Waals surface area (Å²) in [5.41, 5.74) is 0.103. The number of aromatic nitrogens is 2. The topological polar surface area (TPSA) is 96.6 Å². The Labute approximate surface area is 99.6 Å². The summed E-state index contributed by atoms with van der Waals surface area (Å²) < 4.78 is 0. The van der Waals surface area contributed by atoms with Crippen molar-refractivity contribution in [2.24, 2.45) is 0 Å². The number of nitriles is 2. The third-order valence-electron chi connectivity index (χ3n) is 2.24. The van der Waals surface area contributed by atoms with Crippen LogP contribution >= 0.6 is 15.9 Å². The molecule has 0 bridgehead atoms. The number of imidazole rings is 1. The molecule has 1 aromatic rings. The van der Waals surface area contributed by atoms with Crippen molar-refractivity contribution in [3.63, 3.8) is 0 Å². The van der Waals surface area contributed by atoms with Gasteiger partial charge in [0, 0.05) is 17.8 Å². The average Bonchev–Trinajstić information content (AvgIpc) is 2.81. The molecule has 1 aliphatic rings. The highest BCUT2D eigenvalue weighted by Crippen LogP contribution is 2.23. The second kappa shape index (κ2) is 3.95. The van der Waals surface area contributed by atoms with Crippen LogP contribution in [0.3, 0.4) is 0 Å². The second-order valence-electron chi connectivity index (χ2n) is 3.31. The minimum absolute atomic E-state index is 0.0170. The lowest BCUT2D eigenvalue weighted by Crippen LogP contribution is -2.25. The van der Waals surface area contributed by atoms with E-state index in [1.165, 1.54) is 4.90 Å². The van der Waals surface area contributed by atoms with Gasteiger partial charge in [-0.15, -0.1) is 0 Å². The molecule has 0 saturated carbocycles. The first-order chi connectivity index (χ1) is 7.65. The van der Waals surface area contributed by atoms with Gasteiger partial charge in [0.25, 0.3) is 0 Å². The number of aromatic amines is 1. The first kappa shape index (κ1) is 10.7. The molecule has 1 N–H and O–H groups in total.